The summed E-state index contributed by atoms with van der Waals surface area (Å²) in [6.45, 7) is 19.4. The van der Waals surface area contributed by atoms with Crippen molar-refractivity contribution in [1.82, 2.24) is 9.97 Å². The van der Waals surface area contributed by atoms with Crippen LogP contribution in [-0.4, -0.2) is 16.7 Å². The zero-order valence-corrected chi connectivity index (χ0v) is 39.1. The molecule has 0 atom stereocenters. The summed E-state index contributed by atoms with van der Waals surface area (Å²) >= 11 is 0. The molecule has 0 spiro atoms. The third-order valence-electron chi connectivity index (χ3n) is 12.2. The first-order valence-corrected chi connectivity index (χ1v) is 21.8. The van der Waals surface area contributed by atoms with Crippen LogP contribution in [0.4, 0.5) is 34.1 Å². The predicted molar refractivity (Wildman–Crippen MR) is 279 cm³/mol. The Hall–Kier alpha value is -6.66. The van der Waals surface area contributed by atoms with Crippen LogP contribution in [-0.2, 0) is 21.7 Å². The van der Waals surface area contributed by atoms with Crippen LogP contribution in [0.25, 0.3) is 22.3 Å². The Morgan fingerprint density at radius 3 is 1.59 bits per heavy atom. The van der Waals surface area contributed by atoms with E-state index in [2.05, 4.69) is 9.97 Å². The molecule has 2 aliphatic heterocycles. The Morgan fingerprint density at radius 2 is 1.06 bits per heavy atom. The standard InChI is InChI=1S/C60H61BN4O/c1-38-30-51-55-52(31-38)65(49-26-23-43(58(5,6)7)33-46(49)40-19-17-29-63-37-40)53-35-54(59(8,9)10)66-56(53)61(55)47-34-44(60(11,12)41-20-14-13-15-21-41)24-27-50(47)64(51)48-25-22-42(57(2,3)4)32-45(48)39-18-16-28-62-36-39/h13-37H,1-12H3/i13D,14D,15D,16D,17D,18D,19D,20D,21D,22D,23D,24D,25D,26D,28D,29D,32D,33D,35D,36D,37D. The summed E-state index contributed by atoms with van der Waals surface area (Å²) < 4.78 is 204. The maximum atomic E-state index is 10.3. The van der Waals surface area contributed by atoms with Gasteiger partial charge in [0.05, 0.1) is 51.5 Å². The van der Waals surface area contributed by atoms with E-state index in [0.29, 0.717) is 5.56 Å². The van der Waals surface area contributed by atoms with E-state index in [1.807, 2.05) is 0 Å². The molecule has 0 saturated carbocycles. The number of rotatable bonds is 6. The van der Waals surface area contributed by atoms with Gasteiger partial charge in [0.25, 0.3) is 6.71 Å². The number of benzene rings is 5. The van der Waals surface area contributed by atoms with E-state index in [0.717, 1.165) is 0 Å². The third-order valence-corrected chi connectivity index (χ3v) is 12.2. The number of furan rings is 1. The van der Waals surface area contributed by atoms with Crippen molar-refractivity contribution in [3.05, 3.63) is 185 Å². The smallest absolute Gasteiger partial charge is 0.297 e. The fourth-order valence-electron chi connectivity index (χ4n) is 8.56. The molecule has 5 heterocycles. The summed E-state index contributed by atoms with van der Waals surface area (Å²) in [5.41, 5.74) is -5.62. The second kappa shape index (κ2) is 15.5. The number of pyridine rings is 2. The van der Waals surface area contributed by atoms with E-state index in [1.165, 1.54) is 15.9 Å². The fraction of sp³-hybridized carbons (Fsp3) is 0.267. The molecule has 6 heteroatoms. The molecular formula is C60H61BN4O. The highest BCUT2D eigenvalue weighted by Crippen LogP contribution is 2.50. The zero-order valence-electron chi connectivity index (χ0n) is 60.1. The summed E-state index contributed by atoms with van der Waals surface area (Å²) in [5, 5.41) is 0. The number of nitrogens with zero attached hydrogens (tertiary/aromatic N) is 4. The Kier molecular flexibility index (Phi) is 5.93. The molecule has 5 nitrogen and oxygen atoms in total. The van der Waals surface area contributed by atoms with E-state index in [-0.39, 0.29) is 102 Å². The van der Waals surface area contributed by atoms with Crippen LogP contribution < -0.4 is 26.4 Å². The van der Waals surface area contributed by atoms with Crippen LogP contribution >= 0.6 is 0 Å². The highest BCUT2D eigenvalue weighted by molar-refractivity contribution is 6.99. The minimum atomic E-state index is -1.61. The quantitative estimate of drug-likeness (QED) is 0.156. The number of hydrogen-bond donors (Lipinski definition) is 0. The van der Waals surface area contributed by atoms with Crippen molar-refractivity contribution in [3.8, 4) is 22.3 Å². The first-order chi connectivity index (χ1) is 40.0. The molecule has 10 rings (SSSR count). The van der Waals surface area contributed by atoms with Gasteiger partial charge in [-0.15, -0.1) is 0 Å². The normalized spacial score (nSPS) is 18.1. The van der Waals surface area contributed by atoms with Crippen LogP contribution in [0, 0.1) is 6.92 Å². The SMILES string of the molecule is [2H]c1cc2c(cc1C(C)(C)c1c([2H])c([2H])c([2H])c([2H])c1[2H])B1c3oc(C(C)(C)C)c([2H])c3N(c3c([2H])c([2H])c(C(C)(C)C)c([2H])c3-c3c([2H])nc([2H])c([2H])c3[2H])c3cc(C)cc(c31)N2c1c([2H])c([2H])c(C(C)(C)C)c([2H])c1-c1c([2H])nc([2H])c([2H])c1[2H]. The molecule has 0 saturated heterocycles. The average molecular weight is 886 g/mol. The minimum Gasteiger partial charge on any atom is -0.473 e. The van der Waals surface area contributed by atoms with Crippen LogP contribution in [0.15, 0.2) is 156 Å². The van der Waals surface area contributed by atoms with E-state index in [9.17, 15) is 19.2 Å². The molecule has 8 aromatic rings. The van der Waals surface area contributed by atoms with E-state index in [4.69, 9.17) is 14.0 Å². The summed E-state index contributed by atoms with van der Waals surface area (Å²) in [6, 6.07) is -2.63. The largest absolute Gasteiger partial charge is 0.473 e. The number of fused-ring (bicyclic) bond motifs is 4. The Bertz CT molecular complexity index is 4360. The van der Waals surface area contributed by atoms with Crippen LogP contribution in [0.3, 0.4) is 0 Å². The molecule has 0 N–H and O–H groups in total. The van der Waals surface area contributed by atoms with Crippen molar-refractivity contribution in [3.63, 3.8) is 0 Å². The molecule has 0 fully saturated rings. The molecule has 3 aromatic heterocycles. The van der Waals surface area contributed by atoms with Crippen molar-refractivity contribution >= 4 is 57.4 Å². The van der Waals surface area contributed by atoms with Gasteiger partial charge in [-0.1, -0.05) is 143 Å². The lowest BCUT2D eigenvalue weighted by molar-refractivity contribution is 0.424. The van der Waals surface area contributed by atoms with Gasteiger partial charge in [0.15, 0.2) is 0 Å². The lowest BCUT2D eigenvalue weighted by Gasteiger charge is -2.44. The van der Waals surface area contributed by atoms with Crippen molar-refractivity contribution in [2.75, 3.05) is 9.80 Å². The number of hydrogen-bond acceptors (Lipinski definition) is 5. The fourth-order valence-corrected chi connectivity index (χ4v) is 8.56. The van der Waals surface area contributed by atoms with E-state index in [1.54, 1.807) is 101 Å². The summed E-state index contributed by atoms with van der Waals surface area (Å²) in [7, 11) is 0. The van der Waals surface area contributed by atoms with Gasteiger partial charge in [0.1, 0.15) is 5.76 Å². The van der Waals surface area contributed by atoms with Gasteiger partial charge < -0.3 is 14.2 Å². The monoisotopic (exact) mass is 886 g/mol. The second-order valence-electron chi connectivity index (χ2n) is 20.5. The second-order valence-corrected chi connectivity index (χ2v) is 20.5. The number of anilines is 6. The Balaban J connectivity index is 1.49. The lowest BCUT2D eigenvalue weighted by atomic mass is 9.35. The highest BCUT2D eigenvalue weighted by Gasteiger charge is 2.48. The molecule has 0 aliphatic carbocycles. The van der Waals surface area contributed by atoms with Crippen molar-refractivity contribution < 1.29 is 33.2 Å². The third kappa shape index (κ3) is 7.26. The summed E-state index contributed by atoms with van der Waals surface area (Å²) in [4.78, 5) is 11.0. The molecule has 0 amide bonds. The van der Waals surface area contributed by atoms with Gasteiger partial charge in [0, 0.05) is 80.9 Å². The molecule has 0 radical (unpaired) electrons. The van der Waals surface area contributed by atoms with Gasteiger partial charge in [-0.3, -0.25) is 9.97 Å². The zero-order chi connectivity index (χ0) is 64.8. The van der Waals surface area contributed by atoms with Crippen LogP contribution in [0.5, 0.6) is 0 Å². The molecule has 0 unspecified atom stereocenters. The number of aryl methyl sites for hydroxylation is 1. The van der Waals surface area contributed by atoms with E-state index < -0.39 is 155 Å². The van der Waals surface area contributed by atoms with Crippen molar-refractivity contribution in [2.45, 2.75) is 105 Å². The summed E-state index contributed by atoms with van der Waals surface area (Å²) in [5.74, 6) is 0.102. The van der Waals surface area contributed by atoms with Crippen LogP contribution in [0.1, 0.15) is 139 Å². The molecular weight excluding hydrogens is 803 g/mol. The van der Waals surface area contributed by atoms with Crippen LogP contribution in [0.2, 0.25) is 0 Å². The first-order valence-electron chi connectivity index (χ1n) is 32.3. The first kappa shape index (κ1) is 25.3. The van der Waals surface area contributed by atoms with Gasteiger partial charge in [-0.25, -0.2) is 0 Å². The maximum absolute atomic E-state index is 10.3. The minimum absolute atomic E-state index is 0.00164. The van der Waals surface area contributed by atoms with Gasteiger partial charge in [0.2, 0.25) is 0 Å². The topological polar surface area (TPSA) is 45.4 Å². The molecule has 5 aromatic carbocycles. The molecule has 0 bridgehead atoms. The van der Waals surface area contributed by atoms with Gasteiger partial charge in [-0.2, -0.15) is 0 Å². The van der Waals surface area contributed by atoms with Gasteiger partial charge >= 0.3 is 0 Å². The van der Waals surface area contributed by atoms with E-state index >= 15 is 0 Å². The molecule has 330 valence electrons. The number of aromatic nitrogens is 2. The van der Waals surface area contributed by atoms with Gasteiger partial charge in [-0.05, 0) is 111 Å². The Labute approximate surface area is 422 Å². The Morgan fingerprint density at radius 1 is 0.515 bits per heavy atom. The lowest BCUT2D eigenvalue weighted by Crippen LogP contribution is -2.61. The molecule has 2 aliphatic rings. The molecule has 66 heavy (non-hydrogen) atoms. The maximum Gasteiger partial charge on any atom is 0.297 e. The highest BCUT2D eigenvalue weighted by atomic mass is 16.3. The van der Waals surface area contributed by atoms with Crippen molar-refractivity contribution in [1.29, 1.82) is 0 Å². The summed E-state index contributed by atoms with van der Waals surface area (Å²) in [6.07, 6.45) is -2.80. The predicted octanol–water partition coefficient (Wildman–Crippen LogP) is 14.0. The average Bonchev–Trinajstić information content (AvgIpc) is 1.66. The van der Waals surface area contributed by atoms with Crippen molar-refractivity contribution in [2.24, 2.45) is 0 Å².